The highest BCUT2D eigenvalue weighted by atomic mass is 16.7. The molecular formula is C24H31NO4. The van der Waals surface area contributed by atoms with E-state index in [1.165, 1.54) is 16.7 Å². The summed E-state index contributed by atoms with van der Waals surface area (Å²) in [6.07, 6.45) is 2.80. The summed E-state index contributed by atoms with van der Waals surface area (Å²) in [4.78, 5) is 0. The number of ether oxygens (including phenoxy) is 4. The van der Waals surface area contributed by atoms with Crippen molar-refractivity contribution in [2.75, 3.05) is 34.0 Å². The predicted octanol–water partition coefficient (Wildman–Crippen LogP) is 3.54. The Morgan fingerprint density at radius 1 is 1.03 bits per heavy atom. The van der Waals surface area contributed by atoms with Gasteiger partial charge in [-0.25, -0.2) is 0 Å². The second kappa shape index (κ2) is 9.16. The quantitative estimate of drug-likeness (QED) is 0.774. The third kappa shape index (κ3) is 4.27. The van der Waals surface area contributed by atoms with Crippen molar-refractivity contribution in [2.45, 2.75) is 31.5 Å². The Labute approximate surface area is 173 Å². The fraction of sp³-hybridized carbons (Fsp3) is 0.500. The number of methoxy groups -OCH3 is 2. The van der Waals surface area contributed by atoms with Crippen molar-refractivity contribution in [3.05, 3.63) is 59.2 Å². The molecule has 0 bridgehead atoms. The van der Waals surface area contributed by atoms with Crippen LogP contribution in [-0.4, -0.2) is 40.3 Å². The second-order valence-corrected chi connectivity index (χ2v) is 7.94. The van der Waals surface area contributed by atoms with Gasteiger partial charge >= 0.3 is 0 Å². The third-order valence-electron chi connectivity index (χ3n) is 6.42. The van der Waals surface area contributed by atoms with E-state index < -0.39 is 0 Å². The molecular weight excluding hydrogens is 366 g/mol. The summed E-state index contributed by atoms with van der Waals surface area (Å²) in [6.45, 7) is 1.94. The SMILES string of the molecule is COc1cccc(CC(C2OCCO2)C2CCc3cc(OC)ccc3C2CN)c1. The lowest BCUT2D eigenvalue weighted by Gasteiger charge is -2.40. The first-order chi connectivity index (χ1) is 14.2. The Hall–Kier alpha value is -2.08. The maximum Gasteiger partial charge on any atom is 0.161 e. The zero-order chi connectivity index (χ0) is 20.2. The fourth-order valence-electron chi connectivity index (χ4n) is 5.00. The standard InChI is InChI=1S/C24H31NO4/c1-26-18-5-3-4-16(12-18)13-22(24-28-10-11-29-24)21-8-6-17-14-19(27-2)7-9-20(17)23(21)15-25/h3-5,7,9,12,14,21-24H,6,8,10-11,13,15,25H2,1-2H3. The van der Waals surface area contributed by atoms with Crippen molar-refractivity contribution in [3.8, 4) is 11.5 Å². The molecule has 2 aromatic rings. The minimum absolute atomic E-state index is 0.181. The highest BCUT2D eigenvalue weighted by molar-refractivity contribution is 5.40. The van der Waals surface area contributed by atoms with Gasteiger partial charge in [-0.15, -0.1) is 0 Å². The zero-order valence-electron chi connectivity index (χ0n) is 17.3. The highest BCUT2D eigenvalue weighted by Gasteiger charge is 2.40. The monoisotopic (exact) mass is 397 g/mol. The fourth-order valence-corrected chi connectivity index (χ4v) is 5.00. The molecule has 29 heavy (non-hydrogen) atoms. The molecule has 0 aromatic heterocycles. The first-order valence-electron chi connectivity index (χ1n) is 10.5. The molecule has 0 amide bonds. The number of fused-ring (bicyclic) bond motifs is 1. The van der Waals surface area contributed by atoms with Crippen LogP contribution in [0.5, 0.6) is 11.5 Å². The summed E-state index contributed by atoms with van der Waals surface area (Å²) in [7, 11) is 3.42. The zero-order valence-corrected chi connectivity index (χ0v) is 17.3. The van der Waals surface area contributed by atoms with Gasteiger partial charge in [-0.1, -0.05) is 18.2 Å². The molecule has 1 fully saturated rings. The van der Waals surface area contributed by atoms with Crippen LogP contribution in [0.15, 0.2) is 42.5 Å². The minimum Gasteiger partial charge on any atom is -0.497 e. The molecule has 3 unspecified atom stereocenters. The molecule has 156 valence electrons. The van der Waals surface area contributed by atoms with Gasteiger partial charge in [0, 0.05) is 5.92 Å². The predicted molar refractivity (Wildman–Crippen MR) is 112 cm³/mol. The number of benzene rings is 2. The van der Waals surface area contributed by atoms with Crippen LogP contribution in [-0.2, 0) is 22.3 Å². The maximum atomic E-state index is 6.32. The molecule has 0 spiro atoms. The van der Waals surface area contributed by atoms with Crippen LogP contribution >= 0.6 is 0 Å². The van der Waals surface area contributed by atoms with Gasteiger partial charge in [0.1, 0.15) is 11.5 Å². The summed E-state index contributed by atoms with van der Waals surface area (Å²) in [6, 6.07) is 14.7. The number of nitrogens with two attached hydrogens (primary N) is 1. The molecule has 1 saturated heterocycles. The van der Waals surface area contributed by atoms with Crippen molar-refractivity contribution in [1.82, 2.24) is 0 Å². The summed E-state index contributed by atoms with van der Waals surface area (Å²) in [5.41, 5.74) is 10.3. The van der Waals surface area contributed by atoms with E-state index in [1.807, 2.05) is 18.2 Å². The van der Waals surface area contributed by atoms with Crippen LogP contribution in [0.3, 0.4) is 0 Å². The lowest BCUT2D eigenvalue weighted by atomic mass is 9.68. The van der Waals surface area contributed by atoms with Crippen molar-refractivity contribution in [2.24, 2.45) is 17.6 Å². The van der Waals surface area contributed by atoms with Crippen molar-refractivity contribution >= 4 is 0 Å². The first kappa shape index (κ1) is 20.2. The second-order valence-electron chi connectivity index (χ2n) is 7.94. The molecule has 3 atom stereocenters. The van der Waals surface area contributed by atoms with E-state index >= 15 is 0 Å². The molecule has 1 heterocycles. The topological polar surface area (TPSA) is 62.9 Å². The lowest BCUT2D eigenvalue weighted by molar-refractivity contribution is -0.104. The van der Waals surface area contributed by atoms with Crippen molar-refractivity contribution in [3.63, 3.8) is 0 Å². The van der Waals surface area contributed by atoms with Gasteiger partial charge in [0.05, 0.1) is 27.4 Å². The number of rotatable bonds is 7. The lowest BCUT2D eigenvalue weighted by Crippen LogP contribution is -2.39. The van der Waals surface area contributed by atoms with Crippen molar-refractivity contribution in [1.29, 1.82) is 0 Å². The molecule has 2 N–H and O–H groups in total. The maximum absolute atomic E-state index is 6.32. The summed E-state index contributed by atoms with van der Waals surface area (Å²) in [5.74, 6) is 2.72. The van der Waals surface area contributed by atoms with Gasteiger partial charge in [-0.3, -0.25) is 0 Å². The Balaban J connectivity index is 1.64. The highest BCUT2D eigenvalue weighted by Crippen LogP contribution is 2.44. The average molecular weight is 398 g/mol. The molecule has 1 aliphatic carbocycles. The van der Waals surface area contributed by atoms with E-state index in [0.717, 1.165) is 30.8 Å². The molecule has 0 saturated carbocycles. The Kier molecular flexibility index (Phi) is 6.38. The summed E-state index contributed by atoms with van der Waals surface area (Å²) >= 11 is 0. The van der Waals surface area contributed by atoms with Gasteiger partial charge in [0.25, 0.3) is 0 Å². The van der Waals surface area contributed by atoms with Gasteiger partial charge < -0.3 is 24.7 Å². The molecule has 0 radical (unpaired) electrons. The molecule has 5 nitrogen and oxygen atoms in total. The van der Waals surface area contributed by atoms with Gasteiger partial charge in [-0.2, -0.15) is 0 Å². The van der Waals surface area contributed by atoms with Crippen molar-refractivity contribution < 1.29 is 18.9 Å². The van der Waals surface area contributed by atoms with E-state index in [0.29, 0.717) is 25.7 Å². The van der Waals surface area contributed by atoms with E-state index in [-0.39, 0.29) is 18.1 Å². The molecule has 1 aliphatic heterocycles. The minimum atomic E-state index is -0.181. The van der Waals surface area contributed by atoms with Crippen LogP contribution in [0.25, 0.3) is 0 Å². The molecule has 2 aromatic carbocycles. The van der Waals surface area contributed by atoms with Gasteiger partial charge in [0.15, 0.2) is 6.29 Å². The third-order valence-corrected chi connectivity index (χ3v) is 6.42. The van der Waals surface area contributed by atoms with Crippen LogP contribution in [0, 0.1) is 11.8 Å². The van der Waals surface area contributed by atoms with E-state index in [4.69, 9.17) is 24.7 Å². The Morgan fingerprint density at radius 2 is 1.79 bits per heavy atom. The summed E-state index contributed by atoms with van der Waals surface area (Å²) < 4.78 is 22.8. The molecule has 4 rings (SSSR count). The van der Waals surface area contributed by atoms with E-state index in [2.05, 4.69) is 24.3 Å². The van der Waals surface area contributed by atoms with Crippen LogP contribution in [0.2, 0.25) is 0 Å². The van der Waals surface area contributed by atoms with Crippen LogP contribution in [0.1, 0.15) is 29.0 Å². The largest absolute Gasteiger partial charge is 0.497 e. The van der Waals surface area contributed by atoms with E-state index in [9.17, 15) is 0 Å². The Morgan fingerprint density at radius 3 is 2.52 bits per heavy atom. The number of hydrogen-bond acceptors (Lipinski definition) is 5. The number of aryl methyl sites for hydroxylation is 1. The smallest absolute Gasteiger partial charge is 0.161 e. The van der Waals surface area contributed by atoms with E-state index in [1.54, 1.807) is 14.2 Å². The summed E-state index contributed by atoms with van der Waals surface area (Å²) in [5, 5.41) is 0. The van der Waals surface area contributed by atoms with Gasteiger partial charge in [0.2, 0.25) is 0 Å². The molecule has 2 aliphatic rings. The average Bonchev–Trinajstić information content (AvgIpc) is 3.31. The normalized spacial score (nSPS) is 22.9. The van der Waals surface area contributed by atoms with Crippen LogP contribution < -0.4 is 15.2 Å². The molecule has 5 heteroatoms. The van der Waals surface area contributed by atoms with Gasteiger partial charge in [-0.05, 0) is 78.6 Å². The Bertz CT molecular complexity index is 818. The first-order valence-corrected chi connectivity index (χ1v) is 10.5. The van der Waals surface area contributed by atoms with Crippen LogP contribution in [0.4, 0.5) is 0 Å². The number of hydrogen-bond donors (Lipinski definition) is 1.